The van der Waals surface area contributed by atoms with Gasteiger partial charge in [-0.3, -0.25) is 13.9 Å². The fourth-order valence-corrected chi connectivity index (χ4v) is 5.44. The van der Waals surface area contributed by atoms with E-state index in [4.69, 9.17) is 11.6 Å². The number of sulfonamides is 1. The summed E-state index contributed by atoms with van der Waals surface area (Å²) >= 11 is 6.05. The van der Waals surface area contributed by atoms with Crippen LogP contribution in [0.3, 0.4) is 0 Å². The van der Waals surface area contributed by atoms with Gasteiger partial charge in [0, 0.05) is 17.6 Å². The van der Waals surface area contributed by atoms with Crippen LogP contribution in [-0.2, 0) is 26.2 Å². The van der Waals surface area contributed by atoms with Crippen molar-refractivity contribution in [2.24, 2.45) is 0 Å². The van der Waals surface area contributed by atoms with E-state index in [1.807, 2.05) is 45.0 Å². The third-order valence-corrected chi connectivity index (χ3v) is 8.54. The first-order valence-corrected chi connectivity index (χ1v) is 14.3. The molecule has 38 heavy (non-hydrogen) atoms. The first-order chi connectivity index (χ1) is 18.0. The van der Waals surface area contributed by atoms with Crippen LogP contribution >= 0.6 is 11.6 Å². The van der Waals surface area contributed by atoms with Crippen molar-refractivity contribution < 1.29 is 18.0 Å². The summed E-state index contributed by atoms with van der Waals surface area (Å²) < 4.78 is 28.5. The van der Waals surface area contributed by atoms with E-state index in [2.05, 4.69) is 5.32 Å². The van der Waals surface area contributed by atoms with E-state index in [0.29, 0.717) is 10.7 Å². The molecule has 0 aromatic heterocycles. The Balaban J connectivity index is 2.02. The van der Waals surface area contributed by atoms with Gasteiger partial charge in [-0.2, -0.15) is 0 Å². The monoisotopic (exact) mass is 555 g/mol. The normalized spacial score (nSPS) is 12.9. The molecule has 0 bridgehead atoms. The molecule has 0 aliphatic heterocycles. The minimum atomic E-state index is -4.10. The third kappa shape index (κ3) is 7.14. The van der Waals surface area contributed by atoms with Gasteiger partial charge in [0.1, 0.15) is 12.6 Å². The molecule has 0 aliphatic rings. The minimum absolute atomic E-state index is 0.0516. The van der Waals surface area contributed by atoms with Gasteiger partial charge in [0.05, 0.1) is 10.6 Å². The van der Waals surface area contributed by atoms with Gasteiger partial charge in [-0.15, -0.1) is 0 Å². The second-order valence-electron chi connectivity index (χ2n) is 9.24. The lowest BCUT2D eigenvalue weighted by atomic mass is 10.1. The molecule has 7 nitrogen and oxygen atoms in total. The van der Waals surface area contributed by atoms with E-state index in [9.17, 15) is 18.0 Å². The van der Waals surface area contributed by atoms with Crippen molar-refractivity contribution >= 4 is 39.1 Å². The van der Waals surface area contributed by atoms with Crippen molar-refractivity contribution in [2.45, 2.75) is 57.6 Å². The molecule has 1 N–H and O–H groups in total. The number of carbonyl (C=O) groups excluding carboxylic acids is 2. The number of carbonyl (C=O) groups is 2. The summed E-state index contributed by atoms with van der Waals surface area (Å²) in [7, 11) is -4.10. The number of benzene rings is 3. The minimum Gasteiger partial charge on any atom is -0.352 e. The van der Waals surface area contributed by atoms with Gasteiger partial charge in [-0.05, 0) is 74.7 Å². The summed E-state index contributed by atoms with van der Waals surface area (Å²) in [6.07, 6.45) is 0.740. The topological polar surface area (TPSA) is 86.8 Å². The molecule has 202 valence electrons. The number of amides is 2. The molecule has 2 atom stereocenters. The number of halogens is 1. The molecule has 0 saturated heterocycles. The van der Waals surface area contributed by atoms with Gasteiger partial charge in [0.2, 0.25) is 11.8 Å². The number of nitrogens with zero attached hydrogens (tertiary/aromatic N) is 2. The molecule has 0 heterocycles. The van der Waals surface area contributed by atoms with Crippen LogP contribution in [0.1, 0.15) is 38.3 Å². The molecular formula is C29H34ClN3O4S. The molecule has 0 saturated carbocycles. The Morgan fingerprint density at radius 1 is 0.921 bits per heavy atom. The predicted molar refractivity (Wildman–Crippen MR) is 152 cm³/mol. The molecule has 2 amide bonds. The van der Waals surface area contributed by atoms with Crippen LogP contribution in [0.4, 0.5) is 5.69 Å². The van der Waals surface area contributed by atoms with Gasteiger partial charge < -0.3 is 10.2 Å². The highest BCUT2D eigenvalue weighted by Gasteiger charge is 2.32. The van der Waals surface area contributed by atoms with Crippen molar-refractivity contribution in [1.82, 2.24) is 10.2 Å². The Bertz CT molecular complexity index is 1350. The maximum atomic E-state index is 13.9. The van der Waals surface area contributed by atoms with E-state index in [1.54, 1.807) is 49.4 Å². The van der Waals surface area contributed by atoms with E-state index in [0.717, 1.165) is 21.9 Å². The summed E-state index contributed by atoms with van der Waals surface area (Å²) in [6.45, 7) is 7.11. The summed E-state index contributed by atoms with van der Waals surface area (Å²) in [6, 6.07) is 20.9. The fourth-order valence-electron chi connectivity index (χ4n) is 3.87. The first kappa shape index (κ1) is 29.2. The molecule has 3 aromatic rings. The van der Waals surface area contributed by atoms with Crippen LogP contribution in [0.15, 0.2) is 83.8 Å². The van der Waals surface area contributed by atoms with Crippen LogP contribution in [0.2, 0.25) is 5.02 Å². The zero-order chi connectivity index (χ0) is 27.9. The van der Waals surface area contributed by atoms with Gasteiger partial charge >= 0.3 is 0 Å². The van der Waals surface area contributed by atoms with Gasteiger partial charge in [-0.25, -0.2) is 8.42 Å². The van der Waals surface area contributed by atoms with Crippen molar-refractivity contribution in [2.75, 3.05) is 10.8 Å². The van der Waals surface area contributed by atoms with Crippen LogP contribution in [-0.4, -0.2) is 43.8 Å². The Labute approximate surface area is 230 Å². The van der Waals surface area contributed by atoms with Crippen LogP contribution < -0.4 is 9.62 Å². The van der Waals surface area contributed by atoms with Gasteiger partial charge in [0.15, 0.2) is 0 Å². The second kappa shape index (κ2) is 12.9. The maximum absolute atomic E-state index is 13.9. The SMILES string of the molecule is CC[C@@H](C)NC(=O)[C@H](C)N(Cc1ccccc1C)C(=O)CN(c1ccc(Cl)cc1)S(=O)(=O)c1ccccc1. The molecule has 3 aromatic carbocycles. The highest BCUT2D eigenvalue weighted by Crippen LogP contribution is 2.26. The summed E-state index contributed by atoms with van der Waals surface area (Å²) in [5, 5.41) is 3.37. The number of hydrogen-bond donors (Lipinski definition) is 1. The van der Waals surface area contributed by atoms with Gasteiger partial charge in [0.25, 0.3) is 10.0 Å². The largest absolute Gasteiger partial charge is 0.352 e. The zero-order valence-corrected chi connectivity index (χ0v) is 23.7. The van der Waals surface area contributed by atoms with Gasteiger partial charge in [-0.1, -0.05) is 61.0 Å². The molecule has 0 radical (unpaired) electrons. The average molecular weight is 556 g/mol. The van der Waals surface area contributed by atoms with Crippen molar-refractivity contribution in [3.63, 3.8) is 0 Å². The lowest BCUT2D eigenvalue weighted by Gasteiger charge is -2.32. The lowest BCUT2D eigenvalue weighted by Crippen LogP contribution is -2.52. The lowest BCUT2D eigenvalue weighted by molar-refractivity contribution is -0.139. The number of rotatable bonds is 11. The third-order valence-electron chi connectivity index (χ3n) is 6.49. The number of anilines is 1. The molecule has 0 spiro atoms. The Morgan fingerprint density at radius 2 is 1.53 bits per heavy atom. The number of hydrogen-bond acceptors (Lipinski definition) is 4. The zero-order valence-electron chi connectivity index (χ0n) is 22.1. The summed E-state index contributed by atoms with van der Waals surface area (Å²) in [4.78, 5) is 28.5. The molecule has 3 rings (SSSR count). The summed E-state index contributed by atoms with van der Waals surface area (Å²) in [5.74, 6) is -0.806. The van der Waals surface area contributed by atoms with Crippen molar-refractivity contribution in [1.29, 1.82) is 0 Å². The van der Waals surface area contributed by atoms with E-state index >= 15 is 0 Å². The van der Waals surface area contributed by atoms with Crippen LogP contribution in [0.25, 0.3) is 0 Å². The van der Waals surface area contributed by atoms with Crippen molar-refractivity contribution in [3.05, 3.63) is 95.0 Å². The van der Waals surface area contributed by atoms with E-state index in [-0.39, 0.29) is 23.4 Å². The van der Waals surface area contributed by atoms with Crippen LogP contribution in [0.5, 0.6) is 0 Å². The molecule has 0 fully saturated rings. The molecule has 0 aliphatic carbocycles. The molecule has 9 heteroatoms. The maximum Gasteiger partial charge on any atom is 0.264 e. The highest BCUT2D eigenvalue weighted by atomic mass is 35.5. The predicted octanol–water partition coefficient (Wildman–Crippen LogP) is 5.18. The second-order valence-corrected chi connectivity index (χ2v) is 11.5. The smallest absolute Gasteiger partial charge is 0.264 e. The number of nitrogens with one attached hydrogen (secondary N) is 1. The Hall–Kier alpha value is -3.36. The average Bonchev–Trinajstić information content (AvgIpc) is 2.91. The molecular weight excluding hydrogens is 522 g/mol. The first-order valence-electron chi connectivity index (χ1n) is 12.5. The Morgan fingerprint density at radius 3 is 2.13 bits per heavy atom. The van der Waals surface area contributed by atoms with Crippen molar-refractivity contribution in [3.8, 4) is 0 Å². The van der Waals surface area contributed by atoms with Crippen LogP contribution in [0, 0.1) is 6.92 Å². The Kier molecular flexibility index (Phi) is 9.94. The van der Waals surface area contributed by atoms with E-state index in [1.165, 1.54) is 17.0 Å². The molecule has 0 unspecified atom stereocenters. The standard InChI is InChI=1S/C29H34ClN3O4S/c1-5-22(3)31-29(35)23(4)32(19-24-12-10-9-11-21(24)2)28(34)20-33(26-17-15-25(30)16-18-26)38(36,37)27-13-7-6-8-14-27/h6-18,22-23H,5,19-20H2,1-4H3,(H,31,35)/t22-,23+/m1/s1. The fraction of sp³-hybridized carbons (Fsp3) is 0.310. The quantitative estimate of drug-likeness (QED) is 0.353. The highest BCUT2D eigenvalue weighted by molar-refractivity contribution is 7.92. The number of aryl methyl sites for hydroxylation is 1. The van der Waals surface area contributed by atoms with E-state index < -0.39 is 28.5 Å². The summed E-state index contributed by atoms with van der Waals surface area (Å²) in [5.41, 5.74) is 2.12.